The summed E-state index contributed by atoms with van der Waals surface area (Å²) in [6, 6.07) is 8.19. The van der Waals surface area contributed by atoms with Gasteiger partial charge in [-0.25, -0.2) is 4.99 Å². The monoisotopic (exact) mass is 293 g/mol. The van der Waals surface area contributed by atoms with Crippen LogP contribution in [0.3, 0.4) is 0 Å². The Labute approximate surface area is 130 Å². The minimum Gasteiger partial charge on any atom is -0.330 e. The van der Waals surface area contributed by atoms with Gasteiger partial charge in [-0.2, -0.15) is 5.26 Å². The highest BCUT2D eigenvalue weighted by molar-refractivity contribution is 5.90. The first-order chi connectivity index (χ1) is 10.8. The van der Waals surface area contributed by atoms with E-state index in [-0.39, 0.29) is 0 Å². The van der Waals surface area contributed by atoms with Gasteiger partial charge in [-0.1, -0.05) is 18.9 Å². The summed E-state index contributed by atoms with van der Waals surface area (Å²) in [6.07, 6.45) is 8.38. The minimum absolute atomic E-state index is 0.377. The van der Waals surface area contributed by atoms with Crippen molar-refractivity contribution in [3.05, 3.63) is 47.6 Å². The van der Waals surface area contributed by atoms with Crippen molar-refractivity contribution < 1.29 is 0 Å². The smallest absolute Gasteiger partial charge is 0.200 e. The van der Waals surface area contributed by atoms with Gasteiger partial charge < -0.3 is 10.6 Å². The lowest BCUT2D eigenvalue weighted by molar-refractivity contribution is 0.694. The van der Waals surface area contributed by atoms with Gasteiger partial charge in [-0.15, -0.1) is 0 Å². The molecule has 112 valence electrons. The van der Waals surface area contributed by atoms with Crippen LogP contribution in [0.5, 0.6) is 0 Å². The molecule has 0 spiro atoms. The molecule has 0 unspecified atom stereocenters. The number of hydrogen-bond donors (Lipinski definition) is 2. The Balaban J connectivity index is 1.94. The fourth-order valence-electron chi connectivity index (χ4n) is 2.82. The van der Waals surface area contributed by atoms with E-state index in [1.54, 1.807) is 6.20 Å². The van der Waals surface area contributed by atoms with Crippen LogP contribution < -0.4 is 10.6 Å². The molecule has 2 aliphatic rings. The molecule has 1 aliphatic heterocycles. The number of allylic oxidation sites excluding steroid dienone is 3. The van der Waals surface area contributed by atoms with Crippen molar-refractivity contribution in [2.75, 3.05) is 0 Å². The summed E-state index contributed by atoms with van der Waals surface area (Å²) in [7, 11) is 0. The van der Waals surface area contributed by atoms with Gasteiger partial charge in [0.05, 0.1) is 17.4 Å². The number of aromatic nitrogens is 1. The molecule has 1 aromatic rings. The first-order valence-corrected chi connectivity index (χ1v) is 7.62. The molecule has 3 rings (SSSR count). The maximum absolute atomic E-state index is 9.51. The van der Waals surface area contributed by atoms with Gasteiger partial charge in [-0.05, 0) is 38.0 Å². The number of pyridine rings is 1. The number of hydrogen-bond acceptors (Lipinski definition) is 3. The van der Waals surface area contributed by atoms with E-state index in [1.165, 1.54) is 12.8 Å². The number of guanidine groups is 1. The number of nitrogens with zero attached hydrogens (tertiary/aromatic N) is 3. The van der Waals surface area contributed by atoms with Crippen molar-refractivity contribution in [3.63, 3.8) is 0 Å². The van der Waals surface area contributed by atoms with Crippen molar-refractivity contribution in [2.24, 2.45) is 4.99 Å². The Bertz CT molecular complexity index is 673. The van der Waals surface area contributed by atoms with E-state index >= 15 is 0 Å². The van der Waals surface area contributed by atoms with E-state index in [0.717, 1.165) is 30.2 Å². The molecule has 0 bridgehead atoms. The average molecular weight is 293 g/mol. The fourth-order valence-corrected chi connectivity index (χ4v) is 2.82. The second kappa shape index (κ2) is 6.44. The third-order valence-electron chi connectivity index (χ3n) is 3.87. The summed E-state index contributed by atoms with van der Waals surface area (Å²) in [6.45, 7) is 1.97. The summed E-state index contributed by atoms with van der Waals surface area (Å²) in [5.41, 5.74) is 2.91. The van der Waals surface area contributed by atoms with E-state index < -0.39 is 0 Å². The molecular weight excluding hydrogens is 274 g/mol. The molecule has 2 N–H and O–H groups in total. The molecule has 0 saturated heterocycles. The van der Waals surface area contributed by atoms with Crippen LogP contribution in [0.1, 0.15) is 38.3 Å². The normalized spacial score (nSPS) is 22.5. The minimum atomic E-state index is 0.377. The largest absolute Gasteiger partial charge is 0.330 e. The molecule has 1 aliphatic carbocycles. The SMILES string of the molecule is CC1=CC(=C(C#N)c2ccccn2)NC(=NC2CCCC2)N1. The Kier molecular flexibility index (Phi) is 4.19. The lowest BCUT2D eigenvalue weighted by atomic mass is 10.1. The maximum atomic E-state index is 9.51. The summed E-state index contributed by atoms with van der Waals surface area (Å²) < 4.78 is 0. The summed E-state index contributed by atoms with van der Waals surface area (Å²) >= 11 is 0. The molecule has 1 aromatic heterocycles. The third kappa shape index (κ3) is 3.17. The van der Waals surface area contributed by atoms with E-state index in [1.807, 2.05) is 31.2 Å². The maximum Gasteiger partial charge on any atom is 0.200 e. The van der Waals surface area contributed by atoms with Crippen LogP contribution in [0.25, 0.3) is 5.57 Å². The molecular formula is C17H19N5. The predicted molar refractivity (Wildman–Crippen MR) is 86.5 cm³/mol. The lowest BCUT2D eigenvalue weighted by Gasteiger charge is -2.21. The molecule has 1 fully saturated rings. The predicted octanol–water partition coefficient (Wildman–Crippen LogP) is 2.71. The van der Waals surface area contributed by atoms with Gasteiger partial charge in [-0.3, -0.25) is 4.98 Å². The highest BCUT2D eigenvalue weighted by atomic mass is 15.2. The number of nitriles is 1. The van der Waals surface area contributed by atoms with Crippen LogP contribution in [0, 0.1) is 11.3 Å². The highest BCUT2D eigenvalue weighted by Crippen LogP contribution is 2.22. The molecule has 2 heterocycles. The van der Waals surface area contributed by atoms with Crippen LogP contribution in [-0.2, 0) is 0 Å². The van der Waals surface area contributed by atoms with Crippen molar-refractivity contribution in [1.29, 1.82) is 5.26 Å². The Morgan fingerprint density at radius 3 is 2.82 bits per heavy atom. The van der Waals surface area contributed by atoms with Crippen molar-refractivity contribution in [3.8, 4) is 6.07 Å². The van der Waals surface area contributed by atoms with Crippen molar-refractivity contribution in [1.82, 2.24) is 15.6 Å². The van der Waals surface area contributed by atoms with Gasteiger partial charge in [0, 0.05) is 11.9 Å². The first kappa shape index (κ1) is 14.3. The standard InChI is InChI=1S/C17H19N5/c1-12-10-16(14(11-18)15-8-4-5-9-19-15)22-17(20-12)21-13-6-2-3-7-13/h4-5,8-10,13H,2-3,6-7H2,1H3,(H2,20,21,22). The van der Waals surface area contributed by atoms with Gasteiger partial charge in [0.1, 0.15) is 11.6 Å². The van der Waals surface area contributed by atoms with E-state index in [9.17, 15) is 5.26 Å². The number of nitrogens with one attached hydrogen (secondary N) is 2. The molecule has 0 atom stereocenters. The Morgan fingerprint density at radius 1 is 1.32 bits per heavy atom. The average Bonchev–Trinajstić information content (AvgIpc) is 3.01. The third-order valence-corrected chi connectivity index (χ3v) is 3.87. The topological polar surface area (TPSA) is 73.1 Å². The van der Waals surface area contributed by atoms with Crippen LogP contribution in [0.15, 0.2) is 46.9 Å². The molecule has 0 aromatic carbocycles. The Hall–Kier alpha value is -2.61. The molecule has 0 radical (unpaired) electrons. The summed E-state index contributed by atoms with van der Waals surface area (Å²) in [5, 5.41) is 16.0. The van der Waals surface area contributed by atoms with Crippen LogP contribution in [0.2, 0.25) is 0 Å². The van der Waals surface area contributed by atoms with E-state index in [0.29, 0.717) is 17.3 Å². The van der Waals surface area contributed by atoms with Gasteiger partial charge in [0.2, 0.25) is 0 Å². The van der Waals surface area contributed by atoms with Gasteiger partial charge in [0.15, 0.2) is 5.96 Å². The van der Waals surface area contributed by atoms with E-state index in [2.05, 4.69) is 21.7 Å². The zero-order valence-corrected chi connectivity index (χ0v) is 12.6. The van der Waals surface area contributed by atoms with Gasteiger partial charge in [0.25, 0.3) is 0 Å². The molecule has 1 saturated carbocycles. The fraction of sp³-hybridized carbons (Fsp3) is 0.353. The summed E-state index contributed by atoms with van der Waals surface area (Å²) in [4.78, 5) is 9.00. The Morgan fingerprint density at radius 2 is 2.14 bits per heavy atom. The van der Waals surface area contributed by atoms with Crippen molar-refractivity contribution >= 4 is 11.5 Å². The zero-order chi connectivity index (χ0) is 15.4. The molecule has 5 heteroatoms. The first-order valence-electron chi connectivity index (χ1n) is 7.62. The van der Waals surface area contributed by atoms with Crippen LogP contribution in [0.4, 0.5) is 0 Å². The second-order valence-corrected chi connectivity index (χ2v) is 5.61. The lowest BCUT2D eigenvalue weighted by Crippen LogP contribution is -2.40. The highest BCUT2D eigenvalue weighted by Gasteiger charge is 2.19. The summed E-state index contributed by atoms with van der Waals surface area (Å²) in [5.74, 6) is 0.727. The van der Waals surface area contributed by atoms with Crippen LogP contribution >= 0.6 is 0 Å². The van der Waals surface area contributed by atoms with Gasteiger partial charge >= 0.3 is 0 Å². The van der Waals surface area contributed by atoms with Crippen molar-refractivity contribution in [2.45, 2.75) is 38.6 Å². The second-order valence-electron chi connectivity index (χ2n) is 5.61. The number of aliphatic imine (C=N–C) groups is 1. The number of rotatable bonds is 2. The zero-order valence-electron chi connectivity index (χ0n) is 12.6. The molecule has 0 amide bonds. The van der Waals surface area contributed by atoms with E-state index in [4.69, 9.17) is 4.99 Å². The molecule has 5 nitrogen and oxygen atoms in total. The van der Waals surface area contributed by atoms with Crippen LogP contribution in [-0.4, -0.2) is 17.0 Å². The quantitative estimate of drug-likeness (QED) is 0.822. The molecule has 22 heavy (non-hydrogen) atoms.